The molecule has 1 atom stereocenters. The largest absolute Gasteiger partial charge is 0.372 e. The van der Waals surface area contributed by atoms with Crippen molar-refractivity contribution in [1.82, 2.24) is 10.0 Å². The molecular formula is C18H21N3O5S. The molecule has 0 saturated heterocycles. The predicted octanol–water partition coefficient (Wildman–Crippen LogP) is -0.178. The van der Waals surface area contributed by atoms with Crippen LogP contribution in [-0.4, -0.2) is 38.4 Å². The van der Waals surface area contributed by atoms with Crippen molar-refractivity contribution in [3.05, 3.63) is 65.7 Å². The minimum atomic E-state index is -3.80. The van der Waals surface area contributed by atoms with Crippen molar-refractivity contribution in [2.45, 2.75) is 17.4 Å². The summed E-state index contributed by atoms with van der Waals surface area (Å²) in [5.74, 6) is -1.23. The molecule has 144 valence electrons. The molecular weight excluding hydrogens is 370 g/mol. The fourth-order valence-corrected chi connectivity index (χ4v) is 3.54. The number of hydrogen-bond acceptors (Lipinski definition) is 5. The standard InChI is InChI=1S/C18H21N3O5S/c1-13(22)20-11-12-21-27(25,26)16-9-7-15(8-10-16)18(24,17(19)23)14-5-3-2-4-6-14/h2-10,21,24H,11-12H2,1H3,(H2,19,23)(H,20,22). The number of carbonyl (C=O) groups is 2. The van der Waals surface area contributed by atoms with Gasteiger partial charge in [-0.05, 0) is 23.3 Å². The fourth-order valence-electron chi connectivity index (χ4n) is 2.51. The summed E-state index contributed by atoms with van der Waals surface area (Å²) in [6, 6.07) is 13.4. The SMILES string of the molecule is CC(=O)NCCNS(=O)(=O)c1ccc(C(O)(C(N)=O)c2ccccc2)cc1. The van der Waals surface area contributed by atoms with Crippen LogP contribution in [-0.2, 0) is 25.2 Å². The van der Waals surface area contributed by atoms with Gasteiger partial charge in [-0.15, -0.1) is 0 Å². The number of benzene rings is 2. The Bertz CT molecular complexity index is 914. The average molecular weight is 391 g/mol. The molecule has 0 bridgehead atoms. The molecule has 0 fully saturated rings. The van der Waals surface area contributed by atoms with E-state index in [1.165, 1.54) is 31.2 Å². The van der Waals surface area contributed by atoms with Gasteiger partial charge in [0.1, 0.15) is 0 Å². The molecule has 0 aliphatic carbocycles. The van der Waals surface area contributed by atoms with Crippen LogP contribution in [0.4, 0.5) is 0 Å². The van der Waals surface area contributed by atoms with Gasteiger partial charge in [0.15, 0.2) is 5.60 Å². The summed E-state index contributed by atoms with van der Waals surface area (Å²) in [6.07, 6.45) is 0. The van der Waals surface area contributed by atoms with Gasteiger partial charge in [-0.1, -0.05) is 42.5 Å². The molecule has 0 aliphatic rings. The summed E-state index contributed by atoms with van der Waals surface area (Å²) >= 11 is 0. The van der Waals surface area contributed by atoms with E-state index >= 15 is 0 Å². The second kappa shape index (κ2) is 8.30. The van der Waals surface area contributed by atoms with E-state index in [0.717, 1.165) is 0 Å². The molecule has 27 heavy (non-hydrogen) atoms. The minimum absolute atomic E-state index is 0.0267. The van der Waals surface area contributed by atoms with Gasteiger partial charge in [0.25, 0.3) is 5.91 Å². The second-order valence-electron chi connectivity index (χ2n) is 5.85. The zero-order valence-electron chi connectivity index (χ0n) is 14.7. The molecule has 0 aromatic heterocycles. The number of rotatable bonds is 8. The summed E-state index contributed by atoms with van der Waals surface area (Å²) in [7, 11) is -3.80. The minimum Gasteiger partial charge on any atom is -0.372 e. The van der Waals surface area contributed by atoms with Crippen LogP contribution in [0.1, 0.15) is 18.1 Å². The molecule has 0 radical (unpaired) electrons. The van der Waals surface area contributed by atoms with E-state index in [1.807, 2.05) is 0 Å². The van der Waals surface area contributed by atoms with Crippen LogP contribution in [0.25, 0.3) is 0 Å². The third-order valence-corrected chi connectivity index (χ3v) is 5.40. The summed E-state index contributed by atoms with van der Waals surface area (Å²) in [5, 5.41) is 13.3. The van der Waals surface area contributed by atoms with Gasteiger partial charge >= 0.3 is 0 Å². The number of amides is 2. The van der Waals surface area contributed by atoms with Crippen LogP contribution in [0.5, 0.6) is 0 Å². The van der Waals surface area contributed by atoms with Crippen LogP contribution >= 0.6 is 0 Å². The highest BCUT2D eigenvalue weighted by atomic mass is 32.2. The summed E-state index contributed by atoms with van der Waals surface area (Å²) in [6.45, 7) is 1.51. The Morgan fingerprint density at radius 1 is 1.00 bits per heavy atom. The molecule has 0 aliphatic heterocycles. The van der Waals surface area contributed by atoms with Crippen LogP contribution < -0.4 is 15.8 Å². The van der Waals surface area contributed by atoms with Gasteiger partial charge in [0.05, 0.1) is 4.90 Å². The maximum Gasteiger partial charge on any atom is 0.258 e. The van der Waals surface area contributed by atoms with E-state index < -0.39 is 21.5 Å². The molecule has 5 N–H and O–H groups in total. The van der Waals surface area contributed by atoms with Crippen LogP contribution in [0, 0.1) is 0 Å². The molecule has 0 heterocycles. The van der Waals surface area contributed by atoms with Gasteiger partial charge in [-0.2, -0.15) is 0 Å². The smallest absolute Gasteiger partial charge is 0.258 e. The van der Waals surface area contributed by atoms with Gasteiger partial charge < -0.3 is 16.2 Å². The Morgan fingerprint density at radius 3 is 2.07 bits per heavy atom. The first kappa shape index (κ1) is 20.6. The van der Waals surface area contributed by atoms with Gasteiger partial charge in [0.2, 0.25) is 15.9 Å². The van der Waals surface area contributed by atoms with E-state index in [2.05, 4.69) is 10.0 Å². The van der Waals surface area contributed by atoms with E-state index in [0.29, 0.717) is 0 Å². The van der Waals surface area contributed by atoms with Gasteiger partial charge in [-0.25, -0.2) is 13.1 Å². The predicted molar refractivity (Wildman–Crippen MR) is 98.9 cm³/mol. The highest BCUT2D eigenvalue weighted by Gasteiger charge is 2.38. The topological polar surface area (TPSA) is 139 Å². The summed E-state index contributed by atoms with van der Waals surface area (Å²) in [5.41, 5.74) is 3.76. The lowest BCUT2D eigenvalue weighted by Gasteiger charge is -2.25. The number of nitrogens with two attached hydrogens (primary N) is 1. The molecule has 8 nitrogen and oxygen atoms in total. The zero-order valence-corrected chi connectivity index (χ0v) is 15.5. The number of carbonyl (C=O) groups excluding carboxylic acids is 2. The monoisotopic (exact) mass is 391 g/mol. The van der Waals surface area contributed by atoms with E-state index in [1.54, 1.807) is 30.3 Å². The van der Waals surface area contributed by atoms with Crippen molar-refractivity contribution in [3.63, 3.8) is 0 Å². The Kier molecular flexibility index (Phi) is 6.32. The summed E-state index contributed by atoms with van der Waals surface area (Å²) in [4.78, 5) is 22.7. The first-order chi connectivity index (χ1) is 12.7. The molecule has 2 aromatic carbocycles. The molecule has 1 unspecified atom stereocenters. The number of sulfonamides is 1. The van der Waals surface area contributed by atoms with Crippen molar-refractivity contribution in [2.75, 3.05) is 13.1 Å². The van der Waals surface area contributed by atoms with E-state index in [9.17, 15) is 23.1 Å². The van der Waals surface area contributed by atoms with Gasteiger partial charge in [-0.3, -0.25) is 9.59 Å². The number of aliphatic hydroxyl groups is 1. The highest BCUT2D eigenvalue weighted by molar-refractivity contribution is 7.89. The summed E-state index contributed by atoms with van der Waals surface area (Å²) < 4.78 is 26.9. The third kappa shape index (κ3) is 4.70. The van der Waals surface area contributed by atoms with Crippen molar-refractivity contribution in [1.29, 1.82) is 0 Å². The first-order valence-corrected chi connectivity index (χ1v) is 9.58. The lowest BCUT2D eigenvalue weighted by atomic mass is 9.86. The van der Waals surface area contributed by atoms with Crippen LogP contribution in [0.15, 0.2) is 59.5 Å². The quantitative estimate of drug-likeness (QED) is 0.463. The number of hydrogen-bond donors (Lipinski definition) is 4. The maximum absolute atomic E-state index is 12.3. The molecule has 9 heteroatoms. The molecule has 2 aromatic rings. The van der Waals surface area contributed by atoms with E-state index in [-0.39, 0.29) is 35.0 Å². The molecule has 0 spiro atoms. The van der Waals surface area contributed by atoms with Crippen molar-refractivity contribution >= 4 is 21.8 Å². The Balaban J connectivity index is 2.25. The Hall–Kier alpha value is -2.75. The Labute approximate surface area is 157 Å². The maximum atomic E-state index is 12.3. The zero-order chi connectivity index (χ0) is 20.1. The van der Waals surface area contributed by atoms with Crippen molar-refractivity contribution < 1.29 is 23.1 Å². The fraction of sp³-hybridized carbons (Fsp3) is 0.222. The molecule has 0 saturated carbocycles. The lowest BCUT2D eigenvalue weighted by Crippen LogP contribution is -2.42. The average Bonchev–Trinajstić information content (AvgIpc) is 2.65. The van der Waals surface area contributed by atoms with Crippen molar-refractivity contribution in [2.24, 2.45) is 5.73 Å². The molecule has 2 rings (SSSR count). The normalized spacial score (nSPS) is 13.6. The van der Waals surface area contributed by atoms with Crippen LogP contribution in [0.3, 0.4) is 0 Å². The number of nitrogens with one attached hydrogen (secondary N) is 2. The number of primary amides is 1. The lowest BCUT2D eigenvalue weighted by molar-refractivity contribution is -0.133. The first-order valence-electron chi connectivity index (χ1n) is 8.10. The van der Waals surface area contributed by atoms with Crippen LogP contribution in [0.2, 0.25) is 0 Å². The molecule has 2 amide bonds. The second-order valence-corrected chi connectivity index (χ2v) is 7.61. The van der Waals surface area contributed by atoms with Gasteiger partial charge in [0, 0.05) is 20.0 Å². The third-order valence-electron chi connectivity index (χ3n) is 3.92. The van der Waals surface area contributed by atoms with Crippen molar-refractivity contribution in [3.8, 4) is 0 Å². The van der Waals surface area contributed by atoms with E-state index in [4.69, 9.17) is 5.73 Å². The Morgan fingerprint density at radius 2 is 1.56 bits per heavy atom. The highest BCUT2D eigenvalue weighted by Crippen LogP contribution is 2.30.